The molecule has 1 aromatic heterocycles. The number of halogens is 1. The second kappa shape index (κ2) is 6.87. The summed E-state index contributed by atoms with van der Waals surface area (Å²) in [6.45, 7) is 0. The van der Waals surface area contributed by atoms with Gasteiger partial charge in [0.15, 0.2) is 5.03 Å². The van der Waals surface area contributed by atoms with Crippen LogP contribution in [-0.2, 0) is 31.4 Å². The van der Waals surface area contributed by atoms with Crippen molar-refractivity contribution in [3.05, 3.63) is 11.2 Å². The molecular weight excluding hydrogens is 326 g/mol. The predicted octanol–water partition coefficient (Wildman–Crippen LogP) is -0.242. The van der Waals surface area contributed by atoms with Gasteiger partial charge in [-0.15, -0.1) is 0 Å². The number of rotatable bonds is 7. The maximum absolute atomic E-state index is 12.1. The van der Waals surface area contributed by atoms with E-state index in [1.807, 2.05) is 4.72 Å². The van der Waals surface area contributed by atoms with Gasteiger partial charge in [0, 0.05) is 13.5 Å². The Kier molecular flexibility index (Phi) is 5.70. The number of carboxylic acid groups (broad SMARTS) is 1. The monoisotopic (exact) mass is 339 g/mol. The molecule has 0 unspecified atom stereocenters. The van der Waals surface area contributed by atoms with Gasteiger partial charge in [0.2, 0.25) is 0 Å². The minimum Gasteiger partial charge on any atom is -0.480 e. The lowest BCUT2D eigenvalue weighted by atomic mass is 10.2. The zero-order chi connectivity index (χ0) is 16.2. The fraction of sp³-hybridized carbons (Fsp3) is 0.500. The number of carboxylic acids is 1. The summed E-state index contributed by atoms with van der Waals surface area (Å²) in [5, 5.41) is 12.2. The summed E-state index contributed by atoms with van der Waals surface area (Å²) in [7, 11) is -1.69. The van der Waals surface area contributed by atoms with Crippen molar-refractivity contribution in [3.63, 3.8) is 0 Å². The van der Waals surface area contributed by atoms with Crippen molar-refractivity contribution in [3.8, 4) is 0 Å². The fourth-order valence-electron chi connectivity index (χ4n) is 1.54. The topological polar surface area (TPSA) is 128 Å². The van der Waals surface area contributed by atoms with Crippen molar-refractivity contribution < 1.29 is 27.9 Å². The number of ether oxygens (including phenoxy) is 1. The summed E-state index contributed by atoms with van der Waals surface area (Å²) in [6, 6.07) is -1.49. The molecule has 0 spiro atoms. The van der Waals surface area contributed by atoms with Crippen molar-refractivity contribution in [2.75, 3.05) is 7.11 Å². The molecule has 21 heavy (non-hydrogen) atoms. The average Bonchev–Trinajstić information content (AvgIpc) is 2.73. The maximum atomic E-state index is 12.1. The Hall–Kier alpha value is -1.65. The molecule has 0 fully saturated rings. The van der Waals surface area contributed by atoms with Crippen LogP contribution < -0.4 is 4.72 Å². The largest absolute Gasteiger partial charge is 0.480 e. The van der Waals surface area contributed by atoms with Gasteiger partial charge in [0.25, 0.3) is 10.0 Å². The van der Waals surface area contributed by atoms with Crippen molar-refractivity contribution >= 4 is 33.6 Å². The minimum absolute atomic E-state index is 0.137. The number of aromatic nitrogens is 2. The molecule has 0 aromatic carbocycles. The van der Waals surface area contributed by atoms with Crippen LogP contribution in [0.2, 0.25) is 5.02 Å². The smallest absolute Gasteiger partial charge is 0.321 e. The number of methoxy groups -OCH3 is 1. The molecule has 1 atom stereocenters. The zero-order valence-electron chi connectivity index (χ0n) is 11.2. The van der Waals surface area contributed by atoms with Crippen molar-refractivity contribution in [2.45, 2.75) is 23.9 Å². The summed E-state index contributed by atoms with van der Waals surface area (Å²) in [6.07, 6.45) is 0.631. The highest BCUT2D eigenvalue weighted by molar-refractivity contribution is 7.89. The van der Waals surface area contributed by atoms with Gasteiger partial charge in [0.05, 0.1) is 18.3 Å². The summed E-state index contributed by atoms with van der Waals surface area (Å²) in [5.41, 5.74) is 0. The van der Waals surface area contributed by atoms with Crippen LogP contribution >= 0.6 is 11.6 Å². The van der Waals surface area contributed by atoms with Crippen LogP contribution in [0.1, 0.15) is 12.8 Å². The summed E-state index contributed by atoms with van der Waals surface area (Å²) in [5.74, 6) is -2.06. The van der Waals surface area contributed by atoms with Crippen LogP contribution in [-0.4, -0.2) is 48.4 Å². The molecule has 0 amide bonds. The van der Waals surface area contributed by atoms with Gasteiger partial charge in [-0.05, 0) is 6.42 Å². The van der Waals surface area contributed by atoms with Crippen LogP contribution in [0.25, 0.3) is 0 Å². The van der Waals surface area contributed by atoms with E-state index in [9.17, 15) is 18.0 Å². The molecule has 1 heterocycles. The lowest BCUT2D eigenvalue weighted by Crippen LogP contribution is -2.41. The highest BCUT2D eigenvalue weighted by Gasteiger charge is 2.29. The van der Waals surface area contributed by atoms with Crippen LogP contribution in [0.15, 0.2) is 11.2 Å². The van der Waals surface area contributed by atoms with Gasteiger partial charge in [-0.25, -0.2) is 8.42 Å². The number of nitrogens with zero attached hydrogens (tertiary/aromatic N) is 2. The lowest BCUT2D eigenvalue weighted by molar-refractivity contribution is -0.142. The third-order valence-electron chi connectivity index (χ3n) is 2.56. The van der Waals surface area contributed by atoms with Crippen molar-refractivity contribution in [1.82, 2.24) is 14.5 Å². The molecule has 9 nitrogen and oxygen atoms in total. The molecule has 0 saturated heterocycles. The first kappa shape index (κ1) is 17.4. The van der Waals surface area contributed by atoms with E-state index in [2.05, 4.69) is 9.84 Å². The van der Waals surface area contributed by atoms with E-state index in [0.717, 1.165) is 18.0 Å². The second-order valence-corrected chi connectivity index (χ2v) is 6.08. The van der Waals surface area contributed by atoms with Gasteiger partial charge in [-0.1, -0.05) is 11.6 Å². The van der Waals surface area contributed by atoms with Crippen LogP contribution in [0.5, 0.6) is 0 Å². The highest BCUT2D eigenvalue weighted by Crippen LogP contribution is 2.20. The first-order chi connectivity index (χ1) is 9.69. The number of carbonyl (C=O) groups is 2. The fourth-order valence-corrected chi connectivity index (χ4v) is 3.42. The number of carbonyl (C=O) groups excluding carboxylic acids is 1. The summed E-state index contributed by atoms with van der Waals surface area (Å²) >= 11 is 5.72. The molecule has 0 radical (unpaired) electrons. The van der Waals surface area contributed by atoms with E-state index < -0.39 is 28.0 Å². The summed E-state index contributed by atoms with van der Waals surface area (Å²) < 4.78 is 31.6. The Morgan fingerprint density at radius 2 is 2.19 bits per heavy atom. The maximum Gasteiger partial charge on any atom is 0.321 e. The average molecular weight is 340 g/mol. The van der Waals surface area contributed by atoms with Gasteiger partial charge in [-0.2, -0.15) is 9.82 Å². The van der Waals surface area contributed by atoms with Crippen LogP contribution in [0.4, 0.5) is 0 Å². The van der Waals surface area contributed by atoms with Crippen molar-refractivity contribution in [2.24, 2.45) is 7.05 Å². The van der Waals surface area contributed by atoms with Gasteiger partial charge in [0.1, 0.15) is 6.04 Å². The molecule has 118 valence electrons. The molecule has 11 heteroatoms. The quantitative estimate of drug-likeness (QED) is 0.656. The van der Waals surface area contributed by atoms with E-state index in [4.69, 9.17) is 16.7 Å². The molecule has 0 aliphatic heterocycles. The Labute approximate surface area is 125 Å². The molecule has 0 aliphatic rings. The molecule has 0 bridgehead atoms. The van der Waals surface area contributed by atoms with Crippen molar-refractivity contribution in [1.29, 1.82) is 0 Å². The minimum atomic E-state index is -4.19. The van der Waals surface area contributed by atoms with E-state index in [1.54, 1.807) is 0 Å². The number of sulfonamides is 1. The molecule has 0 saturated carbocycles. The number of aryl methyl sites for hydroxylation is 1. The molecule has 1 rings (SSSR count). The Balaban J connectivity index is 2.93. The number of nitrogens with one attached hydrogen (secondary N) is 1. The van der Waals surface area contributed by atoms with Gasteiger partial charge in [-0.3, -0.25) is 14.3 Å². The highest BCUT2D eigenvalue weighted by atomic mass is 35.5. The Morgan fingerprint density at radius 1 is 1.57 bits per heavy atom. The van der Waals surface area contributed by atoms with E-state index in [0.29, 0.717) is 0 Å². The Bertz CT molecular complexity index is 622. The number of aliphatic carboxylic acids is 1. The van der Waals surface area contributed by atoms with E-state index in [1.165, 1.54) is 7.05 Å². The SMILES string of the molecule is COC(=O)CC[C@H](NS(=O)(=O)c1c(Cl)cnn1C)C(=O)O. The lowest BCUT2D eigenvalue weighted by Gasteiger charge is -2.14. The third kappa shape index (κ3) is 4.41. The number of hydrogen-bond acceptors (Lipinski definition) is 6. The molecular formula is C10H14ClN3O6S. The number of hydrogen-bond donors (Lipinski definition) is 2. The molecule has 2 N–H and O–H groups in total. The summed E-state index contributed by atoms with van der Waals surface area (Å²) in [4.78, 5) is 22.1. The van der Waals surface area contributed by atoms with Crippen LogP contribution in [0.3, 0.4) is 0 Å². The first-order valence-electron chi connectivity index (χ1n) is 5.68. The molecule has 1 aromatic rings. The van der Waals surface area contributed by atoms with Gasteiger partial charge < -0.3 is 9.84 Å². The standard InChI is InChI=1S/C10H14ClN3O6S/c1-14-9(6(11)5-12-14)21(18,19)13-7(10(16)17)3-4-8(15)20-2/h5,7,13H,3-4H2,1-2H3,(H,16,17)/t7-/m0/s1. The second-order valence-electron chi connectivity index (χ2n) is 4.05. The van der Waals surface area contributed by atoms with Gasteiger partial charge >= 0.3 is 11.9 Å². The molecule has 0 aliphatic carbocycles. The normalized spacial score (nSPS) is 12.9. The third-order valence-corrected chi connectivity index (χ3v) is 4.53. The number of esters is 1. The van der Waals surface area contributed by atoms with E-state index in [-0.39, 0.29) is 22.9 Å². The first-order valence-corrected chi connectivity index (χ1v) is 7.54. The van der Waals surface area contributed by atoms with E-state index >= 15 is 0 Å². The zero-order valence-corrected chi connectivity index (χ0v) is 12.8. The Morgan fingerprint density at radius 3 is 2.62 bits per heavy atom. The van der Waals surface area contributed by atoms with Crippen LogP contribution in [0, 0.1) is 0 Å². The predicted molar refractivity (Wildman–Crippen MR) is 71.2 cm³/mol.